The van der Waals surface area contributed by atoms with Crippen LogP contribution in [0.25, 0.3) is 0 Å². The van der Waals surface area contributed by atoms with E-state index in [4.69, 9.17) is 0 Å². The zero-order valence-corrected chi connectivity index (χ0v) is 11.9. The smallest absolute Gasteiger partial charge is 0.278 e. The van der Waals surface area contributed by atoms with Gasteiger partial charge in [0.25, 0.3) is 0 Å². The molecule has 1 aliphatic heterocycles. The maximum atomic E-state index is 12.7. The molecular formula is C16H16F3NO2. The summed E-state index contributed by atoms with van der Waals surface area (Å²) < 4.78 is 38.2. The summed E-state index contributed by atoms with van der Waals surface area (Å²) in [7, 11) is 0. The van der Waals surface area contributed by atoms with Crippen LogP contribution in [0.15, 0.2) is 24.3 Å². The first-order chi connectivity index (χ1) is 10.4. The van der Waals surface area contributed by atoms with E-state index >= 15 is 0 Å². The van der Waals surface area contributed by atoms with Crippen LogP contribution in [0.3, 0.4) is 0 Å². The van der Waals surface area contributed by atoms with Crippen molar-refractivity contribution in [2.24, 2.45) is 11.8 Å². The minimum absolute atomic E-state index is 0.0748. The molecule has 2 fully saturated rings. The number of nitrogens with zero attached hydrogens (tertiary/aromatic N) is 1. The van der Waals surface area contributed by atoms with Crippen LogP contribution in [0.2, 0.25) is 0 Å². The minimum atomic E-state index is -4.43. The standard InChI is InChI=1S/C16H16F3NO2/c17-16(18,19)11-5-3-4-10(8-11)9-20-14(21)12-6-1-2-7-13(12)15(20)22/h3-5,8,12-13H,1-2,6-7,9H2. The largest absolute Gasteiger partial charge is 0.416 e. The minimum Gasteiger partial charge on any atom is -0.278 e. The van der Waals surface area contributed by atoms with E-state index in [0.717, 1.165) is 29.9 Å². The molecule has 22 heavy (non-hydrogen) atoms. The van der Waals surface area contributed by atoms with Crippen LogP contribution >= 0.6 is 0 Å². The number of imide groups is 1. The average Bonchev–Trinajstić information content (AvgIpc) is 2.72. The van der Waals surface area contributed by atoms with Gasteiger partial charge >= 0.3 is 6.18 Å². The summed E-state index contributed by atoms with van der Waals surface area (Å²) in [5, 5.41) is 0. The molecule has 1 aliphatic carbocycles. The highest BCUT2D eigenvalue weighted by atomic mass is 19.4. The van der Waals surface area contributed by atoms with Gasteiger partial charge in [-0.2, -0.15) is 13.2 Å². The second-order valence-electron chi connectivity index (χ2n) is 5.96. The molecule has 0 radical (unpaired) electrons. The first-order valence-electron chi connectivity index (χ1n) is 7.39. The third kappa shape index (κ3) is 2.62. The lowest BCUT2D eigenvalue weighted by atomic mass is 9.81. The van der Waals surface area contributed by atoms with Gasteiger partial charge in [-0.1, -0.05) is 25.0 Å². The zero-order valence-electron chi connectivity index (χ0n) is 11.9. The van der Waals surface area contributed by atoms with E-state index in [-0.39, 0.29) is 30.2 Å². The predicted octanol–water partition coefficient (Wildman–Crippen LogP) is 3.38. The van der Waals surface area contributed by atoms with Crippen LogP contribution in [0.5, 0.6) is 0 Å². The summed E-state index contributed by atoms with van der Waals surface area (Å²) in [4.78, 5) is 25.8. The fraction of sp³-hybridized carbons (Fsp3) is 0.500. The number of rotatable bonds is 2. The van der Waals surface area contributed by atoms with Crippen molar-refractivity contribution in [2.45, 2.75) is 38.4 Å². The topological polar surface area (TPSA) is 37.4 Å². The SMILES string of the molecule is O=C1C2CCCCC2C(=O)N1Cc1cccc(C(F)(F)F)c1. The Balaban J connectivity index is 1.81. The van der Waals surface area contributed by atoms with Crippen molar-refractivity contribution >= 4 is 11.8 Å². The van der Waals surface area contributed by atoms with Gasteiger partial charge in [-0.05, 0) is 30.5 Å². The Morgan fingerprint density at radius 2 is 1.64 bits per heavy atom. The van der Waals surface area contributed by atoms with E-state index in [2.05, 4.69) is 0 Å². The van der Waals surface area contributed by atoms with Gasteiger partial charge in [0, 0.05) is 0 Å². The number of carbonyl (C=O) groups excluding carboxylic acids is 2. The van der Waals surface area contributed by atoms with Crippen LogP contribution in [0, 0.1) is 11.8 Å². The number of carbonyl (C=O) groups is 2. The van der Waals surface area contributed by atoms with Gasteiger partial charge in [0.05, 0.1) is 23.9 Å². The second kappa shape index (κ2) is 5.41. The molecule has 2 amide bonds. The predicted molar refractivity (Wildman–Crippen MR) is 72.4 cm³/mol. The lowest BCUT2D eigenvalue weighted by Gasteiger charge is -2.19. The summed E-state index contributed by atoms with van der Waals surface area (Å²) in [5.41, 5.74) is -0.434. The third-order valence-electron chi connectivity index (χ3n) is 4.53. The van der Waals surface area contributed by atoms with Gasteiger partial charge in [0.15, 0.2) is 0 Å². The molecule has 1 aromatic carbocycles. The Labute approximate surface area is 126 Å². The summed E-state index contributed by atoms with van der Waals surface area (Å²) in [6.45, 7) is -0.0748. The average molecular weight is 311 g/mol. The lowest BCUT2D eigenvalue weighted by molar-refractivity contribution is -0.140. The lowest BCUT2D eigenvalue weighted by Crippen LogP contribution is -2.30. The van der Waals surface area contributed by atoms with E-state index < -0.39 is 11.7 Å². The van der Waals surface area contributed by atoms with E-state index in [1.807, 2.05) is 0 Å². The van der Waals surface area contributed by atoms with Crippen LogP contribution in [-0.4, -0.2) is 16.7 Å². The number of hydrogen-bond donors (Lipinski definition) is 0. The summed E-state index contributed by atoms with van der Waals surface area (Å²) >= 11 is 0. The Morgan fingerprint density at radius 3 is 2.18 bits per heavy atom. The highest BCUT2D eigenvalue weighted by Crippen LogP contribution is 2.39. The van der Waals surface area contributed by atoms with Crippen LogP contribution in [0.4, 0.5) is 13.2 Å². The molecule has 1 saturated heterocycles. The molecule has 3 nitrogen and oxygen atoms in total. The van der Waals surface area contributed by atoms with Gasteiger partial charge in [-0.3, -0.25) is 14.5 Å². The van der Waals surface area contributed by atoms with Gasteiger partial charge in [0.1, 0.15) is 0 Å². The van der Waals surface area contributed by atoms with Crippen LogP contribution < -0.4 is 0 Å². The summed E-state index contributed by atoms with van der Waals surface area (Å²) in [6, 6.07) is 4.80. The Hall–Kier alpha value is -1.85. The van der Waals surface area contributed by atoms with E-state index in [0.29, 0.717) is 18.4 Å². The molecular weight excluding hydrogens is 295 g/mol. The van der Waals surface area contributed by atoms with Crippen LogP contribution in [0.1, 0.15) is 36.8 Å². The normalized spacial score (nSPS) is 25.5. The van der Waals surface area contributed by atoms with Crippen LogP contribution in [-0.2, 0) is 22.3 Å². The van der Waals surface area contributed by atoms with Crippen molar-refractivity contribution < 1.29 is 22.8 Å². The molecule has 0 spiro atoms. The molecule has 2 aliphatic rings. The number of amides is 2. The quantitative estimate of drug-likeness (QED) is 0.785. The summed E-state index contributed by atoms with van der Waals surface area (Å²) in [6.07, 6.45) is -1.17. The molecule has 3 rings (SSSR count). The second-order valence-corrected chi connectivity index (χ2v) is 5.96. The molecule has 1 aromatic rings. The molecule has 1 saturated carbocycles. The zero-order chi connectivity index (χ0) is 15.9. The number of benzene rings is 1. The Kier molecular flexibility index (Phi) is 3.70. The fourth-order valence-corrected chi connectivity index (χ4v) is 3.42. The van der Waals surface area contributed by atoms with Gasteiger partial charge in [-0.25, -0.2) is 0 Å². The van der Waals surface area contributed by atoms with Crippen molar-refractivity contribution in [3.8, 4) is 0 Å². The molecule has 0 aromatic heterocycles. The van der Waals surface area contributed by atoms with E-state index in [9.17, 15) is 22.8 Å². The van der Waals surface area contributed by atoms with Gasteiger partial charge in [-0.15, -0.1) is 0 Å². The Morgan fingerprint density at radius 1 is 1.05 bits per heavy atom. The number of halogens is 3. The number of fused-ring (bicyclic) bond motifs is 1. The molecule has 0 bridgehead atoms. The molecule has 2 unspecified atom stereocenters. The first-order valence-corrected chi connectivity index (χ1v) is 7.39. The van der Waals surface area contributed by atoms with Crippen molar-refractivity contribution in [3.63, 3.8) is 0 Å². The van der Waals surface area contributed by atoms with E-state index in [1.165, 1.54) is 12.1 Å². The van der Waals surface area contributed by atoms with Gasteiger partial charge in [0.2, 0.25) is 11.8 Å². The first kappa shape index (κ1) is 15.1. The molecule has 1 heterocycles. The number of likely N-dealkylation sites (tertiary alicyclic amines) is 1. The maximum Gasteiger partial charge on any atom is 0.416 e. The highest BCUT2D eigenvalue weighted by molar-refractivity contribution is 6.05. The molecule has 2 atom stereocenters. The molecule has 6 heteroatoms. The molecule has 0 N–H and O–H groups in total. The van der Waals surface area contributed by atoms with Crippen molar-refractivity contribution in [1.82, 2.24) is 4.90 Å². The molecule has 118 valence electrons. The highest BCUT2D eigenvalue weighted by Gasteiger charge is 2.47. The number of alkyl halides is 3. The number of hydrogen-bond acceptors (Lipinski definition) is 2. The Bertz CT molecular complexity index is 588. The van der Waals surface area contributed by atoms with Crippen molar-refractivity contribution in [1.29, 1.82) is 0 Å². The van der Waals surface area contributed by atoms with E-state index in [1.54, 1.807) is 0 Å². The van der Waals surface area contributed by atoms with Gasteiger partial charge < -0.3 is 0 Å². The van der Waals surface area contributed by atoms with Crippen molar-refractivity contribution in [2.75, 3.05) is 0 Å². The third-order valence-corrected chi connectivity index (χ3v) is 4.53. The fourth-order valence-electron chi connectivity index (χ4n) is 3.42. The maximum absolute atomic E-state index is 12.7. The monoisotopic (exact) mass is 311 g/mol. The van der Waals surface area contributed by atoms with Crippen molar-refractivity contribution in [3.05, 3.63) is 35.4 Å². The summed E-state index contributed by atoms with van der Waals surface area (Å²) in [5.74, 6) is -1.00.